The molecule has 0 radical (unpaired) electrons. The van der Waals surface area contributed by atoms with Crippen molar-refractivity contribution in [3.05, 3.63) is 59.7 Å². The summed E-state index contributed by atoms with van der Waals surface area (Å²) in [5, 5.41) is 12.6. The summed E-state index contributed by atoms with van der Waals surface area (Å²) in [5.41, 5.74) is 2.06. The third-order valence-electron chi connectivity index (χ3n) is 4.35. The van der Waals surface area contributed by atoms with Gasteiger partial charge in [0.15, 0.2) is 0 Å². The number of amides is 1. The first kappa shape index (κ1) is 17.3. The van der Waals surface area contributed by atoms with Gasteiger partial charge in [-0.2, -0.15) is 0 Å². The largest absolute Gasteiger partial charge is 0.508 e. The van der Waals surface area contributed by atoms with E-state index in [1.807, 2.05) is 36.4 Å². The number of benzene rings is 2. The predicted molar refractivity (Wildman–Crippen MR) is 96.4 cm³/mol. The molecular formula is C20H24N2O3. The molecule has 1 saturated carbocycles. The monoisotopic (exact) mass is 340 g/mol. The zero-order valence-corrected chi connectivity index (χ0v) is 14.4. The van der Waals surface area contributed by atoms with E-state index >= 15 is 0 Å². The van der Waals surface area contributed by atoms with E-state index in [1.54, 1.807) is 19.2 Å². The van der Waals surface area contributed by atoms with Gasteiger partial charge < -0.3 is 15.2 Å². The van der Waals surface area contributed by atoms with E-state index in [2.05, 4.69) is 10.2 Å². The number of carbonyl (C=O) groups is 1. The van der Waals surface area contributed by atoms with Gasteiger partial charge in [-0.25, -0.2) is 0 Å². The van der Waals surface area contributed by atoms with Crippen LogP contribution in [0.25, 0.3) is 0 Å². The number of nitrogens with zero attached hydrogens (tertiary/aromatic N) is 1. The molecule has 0 heterocycles. The van der Waals surface area contributed by atoms with E-state index in [9.17, 15) is 9.90 Å². The van der Waals surface area contributed by atoms with Crippen molar-refractivity contribution in [1.82, 2.24) is 10.2 Å². The summed E-state index contributed by atoms with van der Waals surface area (Å²) in [4.78, 5) is 14.5. The Labute approximate surface area is 148 Å². The smallest absolute Gasteiger partial charge is 0.234 e. The summed E-state index contributed by atoms with van der Waals surface area (Å²) >= 11 is 0. The Balaban J connectivity index is 1.52. The minimum Gasteiger partial charge on any atom is -0.508 e. The molecule has 0 bridgehead atoms. The number of aromatic hydroxyl groups is 1. The van der Waals surface area contributed by atoms with Gasteiger partial charge in [0.2, 0.25) is 5.91 Å². The molecule has 1 aliphatic carbocycles. The van der Waals surface area contributed by atoms with Crippen LogP contribution in [0.5, 0.6) is 11.5 Å². The molecule has 132 valence electrons. The van der Waals surface area contributed by atoms with Gasteiger partial charge in [-0.05, 0) is 48.2 Å². The molecule has 3 rings (SSSR count). The number of phenolic OH excluding ortho intramolecular Hbond substituents is 1. The summed E-state index contributed by atoms with van der Waals surface area (Å²) in [6.07, 6.45) is 2.26. The number of hydrogen-bond donors (Lipinski definition) is 2. The maximum absolute atomic E-state index is 12.3. The number of rotatable bonds is 8. The molecule has 2 N–H and O–H groups in total. The highest BCUT2D eigenvalue weighted by atomic mass is 16.5. The van der Waals surface area contributed by atoms with Crippen molar-refractivity contribution in [2.24, 2.45) is 0 Å². The summed E-state index contributed by atoms with van der Waals surface area (Å²) in [7, 11) is 1.63. The maximum atomic E-state index is 12.3. The van der Waals surface area contributed by atoms with E-state index in [0.717, 1.165) is 29.7 Å². The normalized spacial score (nSPS) is 13.7. The molecule has 2 aromatic rings. The van der Waals surface area contributed by atoms with Crippen molar-refractivity contribution in [2.75, 3.05) is 13.7 Å². The molecule has 2 aromatic carbocycles. The van der Waals surface area contributed by atoms with E-state index in [0.29, 0.717) is 25.7 Å². The van der Waals surface area contributed by atoms with Crippen molar-refractivity contribution < 1.29 is 14.6 Å². The van der Waals surface area contributed by atoms with Gasteiger partial charge in [-0.15, -0.1) is 0 Å². The SMILES string of the molecule is COc1ccc(CNC(=O)CN(Cc2cccc(O)c2)C2CC2)cc1. The fourth-order valence-corrected chi connectivity index (χ4v) is 2.83. The maximum Gasteiger partial charge on any atom is 0.234 e. The predicted octanol–water partition coefficient (Wildman–Crippen LogP) is 2.68. The highest BCUT2D eigenvalue weighted by Gasteiger charge is 2.30. The molecule has 1 fully saturated rings. The Kier molecular flexibility index (Phi) is 5.56. The Morgan fingerprint density at radius 2 is 1.96 bits per heavy atom. The molecule has 0 saturated heterocycles. The van der Waals surface area contributed by atoms with Gasteiger partial charge in [-0.3, -0.25) is 9.69 Å². The lowest BCUT2D eigenvalue weighted by Gasteiger charge is -2.21. The molecular weight excluding hydrogens is 316 g/mol. The van der Waals surface area contributed by atoms with E-state index in [-0.39, 0.29) is 11.7 Å². The first-order valence-electron chi connectivity index (χ1n) is 8.55. The Morgan fingerprint density at radius 1 is 1.20 bits per heavy atom. The fraction of sp³-hybridized carbons (Fsp3) is 0.350. The quantitative estimate of drug-likeness (QED) is 0.776. The molecule has 0 atom stereocenters. The number of nitrogens with one attached hydrogen (secondary N) is 1. The highest BCUT2D eigenvalue weighted by molar-refractivity contribution is 5.78. The lowest BCUT2D eigenvalue weighted by molar-refractivity contribution is -0.122. The Hall–Kier alpha value is -2.53. The summed E-state index contributed by atoms with van der Waals surface area (Å²) in [6.45, 7) is 1.55. The summed E-state index contributed by atoms with van der Waals surface area (Å²) in [5.74, 6) is 1.08. The highest BCUT2D eigenvalue weighted by Crippen LogP contribution is 2.28. The first-order chi connectivity index (χ1) is 12.1. The van der Waals surface area contributed by atoms with Gasteiger partial charge in [-0.1, -0.05) is 24.3 Å². The van der Waals surface area contributed by atoms with Crippen LogP contribution in [0.3, 0.4) is 0 Å². The van der Waals surface area contributed by atoms with Crippen LogP contribution in [-0.4, -0.2) is 35.6 Å². The van der Waals surface area contributed by atoms with Crippen molar-refractivity contribution in [3.8, 4) is 11.5 Å². The summed E-state index contributed by atoms with van der Waals surface area (Å²) in [6, 6.07) is 15.4. The minimum absolute atomic E-state index is 0.0165. The van der Waals surface area contributed by atoms with Gasteiger partial charge in [0.1, 0.15) is 11.5 Å². The van der Waals surface area contributed by atoms with Gasteiger partial charge in [0, 0.05) is 19.1 Å². The second kappa shape index (κ2) is 8.03. The van der Waals surface area contributed by atoms with Crippen LogP contribution in [0.1, 0.15) is 24.0 Å². The van der Waals surface area contributed by atoms with Crippen LogP contribution in [-0.2, 0) is 17.9 Å². The number of ether oxygens (including phenoxy) is 1. The molecule has 5 heteroatoms. The third kappa shape index (κ3) is 5.22. The van der Waals surface area contributed by atoms with Crippen molar-refractivity contribution in [1.29, 1.82) is 0 Å². The van der Waals surface area contributed by atoms with E-state index < -0.39 is 0 Å². The topological polar surface area (TPSA) is 61.8 Å². The van der Waals surface area contributed by atoms with Gasteiger partial charge in [0.25, 0.3) is 0 Å². The zero-order chi connectivity index (χ0) is 17.6. The second-order valence-electron chi connectivity index (χ2n) is 6.43. The van der Waals surface area contributed by atoms with Crippen LogP contribution >= 0.6 is 0 Å². The third-order valence-corrected chi connectivity index (χ3v) is 4.35. The molecule has 0 aromatic heterocycles. The van der Waals surface area contributed by atoms with Crippen LogP contribution < -0.4 is 10.1 Å². The molecule has 0 spiro atoms. The average Bonchev–Trinajstić information content (AvgIpc) is 3.45. The standard InChI is InChI=1S/C20H24N2O3/c1-25-19-9-5-15(6-10-19)12-21-20(24)14-22(17-7-8-17)13-16-3-2-4-18(23)11-16/h2-6,9-11,17,23H,7-8,12-14H2,1H3,(H,21,24). The Bertz CT molecular complexity index is 711. The van der Waals surface area contributed by atoms with Crippen molar-refractivity contribution >= 4 is 5.91 Å². The minimum atomic E-state index is 0.0165. The molecule has 0 unspecified atom stereocenters. The first-order valence-corrected chi connectivity index (χ1v) is 8.55. The van der Waals surface area contributed by atoms with Gasteiger partial charge >= 0.3 is 0 Å². The average molecular weight is 340 g/mol. The second-order valence-corrected chi connectivity index (χ2v) is 6.43. The van der Waals surface area contributed by atoms with Crippen LogP contribution in [0.2, 0.25) is 0 Å². The number of carbonyl (C=O) groups excluding carboxylic acids is 1. The summed E-state index contributed by atoms with van der Waals surface area (Å²) < 4.78 is 5.13. The molecule has 25 heavy (non-hydrogen) atoms. The molecule has 0 aliphatic heterocycles. The zero-order valence-electron chi connectivity index (χ0n) is 14.4. The fourth-order valence-electron chi connectivity index (χ4n) is 2.83. The van der Waals surface area contributed by atoms with Gasteiger partial charge in [0.05, 0.1) is 13.7 Å². The Morgan fingerprint density at radius 3 is 2.60 bits per heavy atom. The number of hydrogen-bond acceptors (Lipinski definition) is 4. The molecule has 5 nitrogen and oxygen atoms in total. The number of methoxy groups -OCH3 is 1. The van der Waals surface area contributed by atoms with E-state index in [4.69, 9.17) is 4.74 Å². The van der Waals surface area contributed by atoms with Crippen LogP contribution in [0.4, 0.5) is 0 Å². The lowest BCUT2D eigenvalue weighted by Crippen LogP contribution is -2.37. The van der Waals surface area contributed by atoms with Crippen molar-refractivity contribution in [3.63, 3.8) is 0 Å². The van der Waals surface area contributed by atoms with Crippen LogP contribution in [0.15, 0.2) is 48.5 Å². The van der Waals surface area contributed by atoms with Crippen molar-refractivity contribution in [2.45, 2.75) is 32.0 Å². The lowest BCUT2D eigenvalue weighted by atomic mass is 10.2. The van der Waals surface area contributed by atoms with Crippen LogP contribution in [0, 0.1) is 0 Å². The molecule has 1 amide bonds. The molecule has 1 aliphatic rings. The van der Waals surface area contributed by atoms with E-state index in [1.165, 1.54) is 0 Å². The number of phenols is 1.